The molecule has 7 rings (SSSR count). The van der Waals surface area contributed by atoms with E-state index in [1.54, 1.807) is 6.07 Å². The number of carbonyl (C=O) groups excluding carboxylic acids is 5. The number of ketones is 1. The van der Waals surface area contributed by atoms with Gasteiger partial charge < -0.3 is 46.1 Å². The molecule has 4 fully saturated rings. The van der Waals surface area contributed by atoms with Crippen LogP contribution in [0.25, 0.3) is 0 Å². The van der Waals surface area contributed by atoms with E-state index in [0.717, 1.165) is 48.8 Å². The van der Waals surface area contributed by atoms with Crippen molar-refractivity contribution < 1.29 is 53.6 Å². The molecule has 2 aromatic rings. The van der Waals surface area contributed by atoms with Crippen LogP contribution in [0.5, 0.6) is 0 Å². The van der Waals surface area contributed by atoms with Crippen LogP contribution in [-0.4, -0.2) is 104 Å². The summed E-state index contributed by atoms with van der Waals surface area (Å²) in [5.74, 6) is -3.29. The predicted octanol–water partition coefficient (Wildman–Crippen LogP) is 6.87. The highest BCUT2D eigenvalue weighted by Gasteiger charge is 2.76. The summed E-state index contributed by atoms with van der Waals surface area (Å²) in [5.41, 5.74) is 3.21. The lowest BCUT2D eigenvalue weighted by Crippen LogP contribution is -2.63. The van der Waals surface area contributed by atoms with Crippen molar-refractivity contribution in [2.24, 2.45) is 28.6 Å². The number of hydrogen-bond donors (Lipinski definition) is 7. The second kappa shape index (κ2) is 23.0. The van der Waals surface area contributed by atoms with Crippen LogP contribution in [0, 0.1) is 28.6 Å². The van der Waals surface area contributed by atoms with Crippen molar-refractivity contribution in [3.05, 3.63) is 101 Å². The predicted molar refractivity (Wildman–Crippen MR) is 275 cm³/mol. The molecule has 13 atom stereocenters. The van der Waals surface area contributed by atoms with E-state index in [0.29, 0.717) is 24.9 Å². The zero-order valence-electron chi connectivity index (χ0n) is 42.7. The SMILES string of the molecule is C/C=C1\C=C[C@@]2(C)C(=C1)CC[C@@H]1C2[C@@H](O)C[C@@]2(C)C1C[C@H]1O[C@@H](c3ccc(Cc4cccc(NC(=O)[C@H](C)NC(=O)[C@H](C)NC(=O)CCNC(=O)C(CC(=O)O)SC(C)CCCC)c4)cc3)O[C@]12C(=O)CO. The van der Waals surface area contributed by atoms with Gasteiger partial charge in [0.05, 0.1) is 23.9 Å². The van der Waals surface area contributed by atoms with E-state index in [1.807, 2.05) is 56.3 Å². The molecule has 5 aliphatic rings. The Morgan fingerprint density at radius 2 is 1.69 bits per heavy atom. The third kappa shape index (κ3) is 11.3. The molecule has 390 valence electrons. The van der Waals surface area contributed by atoms with E-state index in [9.17, 15) is 44.1 Å². The summed E-state index contributed by atoms with van der Waals surface area (Å²) < 4.78 is 13.5. The molecule has 15 nitrogen and oxygen atoms in total. The average Bonchev–Trinajstić information content (AvgIpc) is 3.85. The molecule has 0 spiro atoms. The number of hydrogen-bond acceptors (Lipinski definition) is 11. The van der Waals surface area contributed by atoms with Crippen molar-refractivity contribution >= 4 is 52.8 Å². The van der Waals surface area contributed by atoms with Crippen LogP contribution in [0.15, 0.2) is 84.0 Å². The number of fused-ring (bicyclic) bond motifs is 7. The van der Waals surface area contributed by atoms with Gasteiger partial charge >= 0.3 is 5.97 Å². The number of aliphatic hydroxyl groups excluding tert-OH is 2. The zero-order chi connectivity index (χ0) is 52.1. The van der Waals surface area contributed by atoms with Gasteiger partial charge in [0.15, 0.2) is 17.7 Å². The Balaban J connectivity index is 0.898. The number of aliphatic carboxylic acids is 1. The summed E-state index contributed by atoms with van der Waals surface area (Å²) in [7, 11) is 0. The number of amides is 4. The Morgan fingerprint density at radius 1 is 0.958 bits per heavy atom. The average molecular weight is 1010 g/mol. The minimum atomic E-state index is -1.41. The van der Waals surface area contributed by atoms with Crippen LogP contribution in [0.4, 0.5) is 5.69 Å². The topological polar surface area (TPSA) is 230 Å². The molecule has 3 saturated carbocycles. The number of Topliss-reactive ketones (excluding diaryl/α,β-unsaturated/α-hetero) is 1. The van der Waals surface area contributed by atoms with E-state index >= 15 is 0 Å². The molecule has 16 heteroatoms. The number of carboxylic acid groups (broad SMARTS) is 1. The summed E-state index contributed by atoms with van der Waals surface area (Å²) >= 11 is 1.31. The number of benzene rings is 2. The summed E-state index contributed by atoms with van der Waals surface area (Å²) in [6.45, 7) is 12.7. The molecule has 4 amide bonds. The van der Waals surface area contributed by atoms with Gasteiger partial charge in [-0.05, 0) is 100.0 Å². The number of anilines is 1. The lowest BCUT2D eigenvalue weighted by Gasteiger charge is -2.59. The number of carbonyl (C=O) groups is 6. The minimum absolute atomic E-state index is 0.0105. The van der Waals surface area contributed by atoms with Gasteiger partial charge in [-0.2, -0.15) is 0 Å². The summed E-state index contributed by atoms with van der Waals surface area (Å²) in [4.78, 5) is 77.1. The summed E-state index contributed by atoms with van der Waals surface area (Å²) in [5, 5.41) is 41.9. The van der Waals surface area contributed by atoms with Crippen molar-refractivity contribution in [1.82, 2.24) is 16.0 Å². The molecule has 1 aliphatic heterocycles. The second-order valence-electron chi connectivity index (χ2n) is 21.1. The zero-order valence-corrected chi connectivity index (χ0v) is 43.5. The van der Waals surface area contributed by atoms with Crippen LogP contribution in [0.2, 0.25) is 0 Å². The van der Waals surface area contributed by atoms with Crippen molar-refractivity contribution in [3.8, 4) is 0 Å². The molecule has 0 radical (unpaired) electrons. The standard InChI is InChI=1S/C56H74N4O11S/c1-8-10-12-32(3)72-44(29-48(65)66)52(69)57-24-22-47(64)58-33(4)50(67)59-34(5)51(68)60-40-14-11-13-37(27-40)25-36-15-17-38(18-16-36)53-70-46-28-42-41-20-19-39-26-35(9-2)21-23-54(39,6)49(41)43(62)30-55(42,7)56(46,71-53)45(63)31-61/h9,11,13-18,21,23,26-27,32-34,41-44,46,49,53,61-62H,8,10,12,19-20,22,24-25,28-31H2,1-7H3,(H,57,69)(H,58,64)(H,59,67)(H,60,68)(H,65,66)/b35-9+/t32?,33-,34-,41-,42?,43-,44?,46+,49?,53+,54-,55-,56+/m0/s1. The number of nitrogens with one attached hydrogen (secondary N) is 4. The Bertz CT molecular complexity index is 2460. The largest absolute Gasteiger partial charge is 0.481 e. The molecular weight excluding hydrogens is 937 g/mol. The van der Waals surface area contributed by atoms with Gasteiger partial charge in [-0.3, -0.25) is 28.8 Å². The van der Waals surface area contributed by atoms with Crippen molar-refractivity contribution in [1.29, 1.82) is 0 Å². The van der Waals surface area contributed by atoms with Gasteiger partial charge in [0.1, 0.15) is 18.7 Å². The first-order valence-electron chi connectivity index (χ1n) is 25.7. The highest BCUT2D eigenvalue weighted by molar-refractivity contribution is 8.01. The Hall–Kier alpha value is -5.13. The third-order valence-electron chi connectivity index (χ3n) is 16.2. The number of ether oxygens (including phenoxy) is 2. The molecule has 1 heterocycles. The monoisotopic (exact) mass is 1010 g/mol. The fourth-order valence-corrected chi connectivity index (χ4v) is 13.8. The molecule has 2 aromatic carbocycles. The molecule has 7 N–H and O–H groups in total. The third-order valence-corrected chi connectivity index (χ3v) is 17.6. The van der Waals surface area contributed by atoms with E-state index in [4.69, 9.17) is 9.47 Å². The number of rotatable bonds is 21. The molecule has 0 bridgehead atoms. The minimum Gasteiger partial charge on any atom is -0.481 e. The molecule has 1 saturated heterocycles. The Kier molecular flexibility index (Phi) is 17.4. The van der Waals surface area contributed by atoms with Crippen molar-refractivity contribution in [2.45, 2.75) is 159 Å². The van der Waals surface area contributed by atoms with Crippen molar-refractivity contribution in [3.63, 3.8) is 0 Å². The number of unbranched alkanes of at least 4 members (excludes halogenated alkanes) is 1. The molecule has 4 unspecified atom stereocenters. The summed E-state index contributed by atoms with van der Waals surface area (Å²) in [6, 6.07) is 13.2. The van der Waals surface area contributed by atoms with E-state index < -0.39 is 88.8 Å². The first kappa shape index (κ1) is 54.6. The Morgan fingerprint density at radius 3 is 2.39 bits per heavy atom. The lowest BCUT2D eigenvalue weighted by molar-refractivity contribution is -0.201. The van der Waals surface area contributed by atoms with Gasteiger partial charge in [-0.25, -0.2) is 0 Å². The number of aliphatic hydroxyl groups is 2. The molecule has 0 aromatic heterocycles. The van der Waals surface area contributed by atoms with E-state index in [2.05, 4.69) is 66.3 Å². The molecule has 72 heavy (non-hydrogen) atoms. The smallest absolute Gasteiger partial charge is 0.305 e. The van der Waals surface area contributed by atoms with Crippen LogP contribution in [-0.2, 0) is 44.7 Å². The number of thioether (sulfide) groups is 1. The second-order valence-corrected chi connectivity index (χ2v) is 22.7. The van der Waals surface area contributed by atoms with Crippen molar-refractivity contribution in [2.75, 3.05) is 18.5 Å². The van der Waals surface area contributed by atoms with Gasteiger partial charge in [0.25, 0.3) is 0 Å². The maximum atomic E-state index is 14.1. The first-order chi connectivity index (χ1) is 34.3. The Labute approximate surface area is 427 Å². The normalized spacial score (nSPS) is 30.3. The highest BCUT2D eigenvalue weighted by atomic mass is 32.2. The maximum absolute atomic E-state index is 14.1. The van der Waals surface area contributed by atoms with Crippen LogP contribution in [0.3, 0.4) is 0 Å². The van der Waals surface area contributed by atoms with E-state index in [-0.39, 0.29) is 47.8 Å². The molecular formula is C56H74N4O11S. The first-order valence-corrected chi connectivity index (χ1v) is 26.7. The van der Waals surface area contributed by atoms with Gasteiger partial charge in [-0.1, -0.05) is 107 Å². The maximum Gasteiger partial charge on any atom is 0.305 e. The fourth-order valence-electron chi connectivity index (χ4n) is 12.5. The van der Waals surface area contributed by atoms with Gasteiger partial charge in [0, 0.05) is 46.2 Å². The van der Waals surface area contributed by atoms with Crippen LogP contribution in [0.1, 0.15) is 129 Å². The number of allylic oxidation sites excluding steroid dienone is 6. The number of carboxylic acids is 1. The van der Waals surface area contributed by atoms with Gasteiger partial charge in [0.2, 0.25) is 23.6 Å². The summed E-state index contributed by atoms with van der Waals surface area (Å²) in [6.07, 6.45) is 12.4. The van der Waals surface area contributed by atoms with Gasteiger partial charge in [-0.15, -0.1) is 11.8 Å². The highest BCUT2D eigenvalue weighted by Crippen LogP contribution is 2.70. The fraction of sp³-hybridized carbons (Fsp3) is 0.571. The lowest BCUT2D eigenvalue weighted by atomic mass is 9.46. The van der Waals surface area contributed by atoms with Crippen LogP contribution < -0.4 is 21.3 Å². The quantitative estimate of drug-likeness (QED) is 0.0680. The van der Waals surface area contributed by atoms with E-state index in [1.165, 1.54) is 36.8 Å². The molecule has 4 aliphatic carbocycles. The van der Waals surface area contributed by atoms with Crippen LogP contribution >= 0.6 is 11.8 Å².